The molecule has 0 unspecified atom stereocenters. The van der Waals surface area contributed by atoms with E-state index >= 15 is 0 Å². The van der Waals surface area contributed by atoms with Gasteiger partial charge in [0, 0.05) is 13.1 Å². The lowest BCUT2D eigenvalue weighted by molar-refractivity contribution is 0.0602. The average molecular weight is 276 g/mol. The summed E-state index contributed by atoms with van der Waals surface area (Å²) in [5, 5.41) is 0. The number of nitrogens with zero attached hydrogens (tertiary/aromatic N) is 1. The third-order valence-electron chi connectivity index (χ3n) is 4.14. The van der Waals surface area contributed by atoms with Gasteiger partial charge in [-0.15, -0.1) is 0 Å². The Morgan fingerprint density at radius 2 is 2.10 bits per heavy atom. The number of esters is 1. The van der Waals surface area contributed by atoms with E-state index in [9.17, 15) is 4.79 Å². The number of para-hydroxylation sites is 1. The number of nitrogen functional groups attached to an aromatic ring is 1. The number of ether oxygens (including phenoxy) is 1. The molecule has 1 aromatic rings. The molecule has 0 radical (unpaired) electrons. The normalized spacial score (nSPS) is 16.2. The summed E-state index contributed by atoms with van der Waals surface area (Å²) < 4.78 is 4.77. The van der Waals surface area contributed by atoms with E-state index in [0.717, 1.165) is 24.7 Å². The Bertz CT molecular complexity index is 466. The van der Waals surface area contributed by atoms with E-state index in [1.54, 1.807) is 6.07 Å². The summed E-state index contributed by atoms with van der Waals surface area (Å²) >= 11 is 0. The predicted octanol–water partition coefficient (Wildman–Crippen LogP) is 3.07. The van der Waals surface area contributed by atoms with Crippen LogP contribution in [0.1, 0.15) is 43.0 Å². The number of methoxy groups -OCH3 is 1. The molecule has 0 bridgehead atoms. The van der Waals surface area contributed by atoms with Crippen LogP contribution < -0.4 is 10.6 Å². The minimum Gasteiger partial charge on any atom is -0.465 e. The molecule has 1 saturated heterocycles. The van der Waals surface area contributed by atoms with Gasteiger partial charge in [-0.1, -0.05) is 25.8 Å². The second-order valence-corrected chi connectivity index (χ2v) is 5.45. The maximum Gasteiger partial charge on any atom is 0.340 e. The molecule has 0 spiro atoms. The molecular formula is C16H24N2O2. The van der Waals surface area contributed by atoms with Gasteiger partial charge in [-0.3, -0.25) is 0 Å². The molecule has 0 saturated carbocycles. The van der Waals surface area contributed by atoms with E-state index in [1.165, 1.54) is 32.8 Å². The molecule has 0 amide bonds. The maximum absolute atomic E-state index is 11.7. The number of anilines is 2. The smallest absolute Gasteiger partial charge is 0.340 e. The Labute approximate surface area is 120 Å². The minimum absolute atomic E-state index is 0.370. The minimum atomic E-state index is -0.370. The van der Waals surface area contributed by atoms with E-state index < -0.39 is 0 Å². The molecule has 4 nitrogen and oxygen atoms in total. The van der Waals surface area contributed by atoms with Crippen LogP contribution in [0.15, 0.2) is 18.2 Å². The zero-order valence-corrected chi connectivity index (χ0v) is 12.4. The monoisotopic (exact) mass is 276 g/mol. The molecule has 1 aliphatic heterocycles. The van der Waals surface area contributed by atoms with Crippen molar-refractivity contribution in [2.45, 2.75) is 32.6 Å². The van der Waals surface area contributed by atoms with Crippen LogP contribution in [-0.2, 0) is 4.74 Å². The van der Waals surface area contributed by atoms with Crippen molar-refractivity contribution in [1.29, 1.82) is 0 Å². The first kappa shape index (κ1) is 14.7. The zero-order chi connectivity index (χ0) is 14.5. The summed E-state index contributed by atoms with van der Waals surface area (Å²) in [5.74, 6) is 0.464. The molecule has 2 N–H and O–H groups in total. The second-order valence-electron chi connectivity index (χ2n) is 5.45. The molecule has 0 atom stereocenters. The van der Waals surface area contributed by atoms with Crippen molar-refractivity contribution in [3.05, 3.63) is 23.8 Å². The number of hydrogen-bond donors (Lipinski definition) is 1. The molecule has 2 rings (SSSR count). The first-order chi connectivity index (χ1) is 9.67. The highest BCUT2D eigenvalue weighted by molar-refractivity contribution is 5.98. The van der Waals surface area contributed by atoms with Crippen molar-refractivity contribution < 1.29 is 9.53 Å². The number of hydrogen-bond acceptors (Lipinski definition) is 4. The highest BCUT2D eigenvalue weighted by Crippen LogP contribution is 2.31. The fourth-order valence-corrected chi connectivity index (χ4v) is 2.99. The van der Waals surface area contributed by atoms with E-state index in [-0.39, 0.29) is 5.97 Å². The van der Waals surface area contributed by atoms with Crippen LogP contribution in [0.3, 0.4) is 0 Å². The fourth-order valence-electron chi connectivity index (χ4n) is 2.99. The van der Waals surface area contributed by atoms with E-state index in [0.29, 0.717) is 11.3 Å². The van der Waals surface area contributed by atoms with Crippen molar-refractivity contribution in [3.63, 3.8) is 0 Å². The predicted molar refractivity (Wildman–Crippen MR) is 82.0 cm³/mol. The molecule has 1 heterocycles. The third-order valence-corrected chi connectivity index (χ3v) is 4.14. The lowest BCUT2D eigenvalue weighted by atomic mass is 9.92. The topological polar surface area (TPSA) is 55.6 Å². The van der Waals surface area contributed by atoms with E-state index in [4.69, 9.17) is 10.5 Å². The summed E-state index contributed by atoms with van der Waals surface area (Å²) in [6, 6.07) is 5.58. The van der Waals surface area contributed by atoms with Crippen LogP contribution in [-0.4, -0.2) is 26.2 Å². The number of rotatable bonds is 4. The highest BCUT2D eigenvalue weighted by atomic mass is 16.5. The molecule has 1 fully saturated rings. The van der Waals surface area contributed by atoms with Gasteiger partial charge < -0.3 is 15.4 Å². The lowest BCUT2D eigenvalue weighted by Crippen LogP contribution is -2.34. The van der Waals surface area contributed by atoms with Gasteiger partial charge in [-0.25, -0.2) is 4.79 Å². The van der Waals surface area contributed by atoms with Crippen LogP contribution in [0.4, 0.5) is 11.4 Å². The second kappa shape index (κ2) is 6.64. The first-order valence-corrected chi connectivity index (χ1v) is 7.39. The van der Waals surface area contributed by atoms with Gasteiger partial charge in [0.05, 0.1) is 24.0 Å². The van der Waals surface area contributed by atoms with E-state index in [1.807, 2.05) is 12.1 Å². The van der Waals surface area contributed by atoms with Gasteiger partial charge in [-0.2, -0.15) is 0 Å². The van der Waals surface area contributed by atoms with Crippen molar-refractivity contribution in [3.8, 4) is 0 Å². The van der Waals surface area contributed by atoms with Gasteiger partial charge in [-0.05, 0) is 30.9 Å². The van der Waals surface area contributed by atoms with Gasteiger partial charge in [0.15, 0.2) is 0 Å². The standard InChI is InChI=1S/C16H24N2O2/c1-3-5-12-8-10-18(11-9-12)14-7-4-6-13(15(14)17)16(19)20-2/h4,6-7,12H,3,5,8-11,17H2,1-2H3. The number of piperidine rings is 1. The Hall–Kier alpha value is -1.71. The Morgan fingerprint density at radius 1 is 1.40 bits per heavy atom. The van der Waals surface area contributed by atoms with E-state index in [2.05, 4.69) is 11.8 Å². The largest absolute Gasteiger partial charge is 0.465 e. The summed E-state index contributed by atoms with van der Waals surface area (Å²) in [6.45, 7) is 4.27. The quantitative estimate of drug-likeness (QED) is 0.678. The van der Waals surface area contributed by atoms with Crippen LogP contribution in [0, 0.1) is 5.92 Å². The molecule has 0 aliphatic carbocycles. The number of nitrogens with two attached hydrogens (primary N) is 1. The van der Waals surface area contributed by atoms with Gasteiger partial charge in [0.25, 0.3) is 0 Å². The third kappa shape index (κ3) is 3.06. The van der Waals surface area contributed by atoms with Crippen molar-refractivity contribution in [2.75, 3.05) is 30.8 Å². The van der Waals surface area contributed by atoms with Crippen molar-refractivity contribution >= 4 is 17.3 Å². The molecule has 0 aromatic heterocycles. The molecule has 1 aromatic carbocycles. The number of carbonyl (C=O) groups excluding carboxylic acids is 1. The van der Waals surface area contributed by atoms with Crippen molar-refractivity contribution in [2.24, 2.45) is 5.92 Å². The Balaban J connectivity index is 2.12. The van der Waals surface area contributed by atoms with Crippen LogP contribution in [0.2, 0.25) is 0 Å². The van der Waals surface area contributed by atoms with Gasteiger partial charge in [0.2, 0.25) is 0 Å². The SMILES string of the molecule is CCCC1CCN(c2cccc(C(=O)OC)c2N)CC1. The molecular weight excluding hydrogens is 252 g/mol. The Morgan fingerprint density at radius 3 is 2.70 bits per heavy atom. The summed E-state index contributed by atoms with van der Waals surface area (Å²) in [5.41, 5.74) is 8.10. The molecule has 4 heteroatoms. The van der Waals surface area contributed by atoms with Crippen molar-refractivity contribution in [1.82, 2.24) is 0 Å². The first-order valence-electron chi connectivity index (χ1n) is 7.39. The summed E-state index contributed by atoms with van der Waals surface area (Å²) in [7, 11) is 1.38. The lowest BCUT2D eigenvalue weighted by Gasteiger charge is -2.34. The maximum atomic E-state index is 11.7. The average Bonchev–Trinajstić information content (AvgIpc) is 2.48. The summed E-state index contributed by atoms with van der Waals surface area (Å²) in [4.78, 5) is 14.0. The molecule has 20 heavy (non-hydrogen) atoms. The number of benzene rings is 1. The number of carbonyl (C=O) groups is 1. The van der Waals surface area contributed by atoms with Crippen LogP contribution in [0.25, 0.3) is 0 Å². The fraction of sp³-hybridized carbons (Fsp3) is 0.562. The highest BCUT2D eigenvalue weighted by Gasteiger charge is 2.22. The molecule has 110 valence electrons. The van der Waals surface area contributed by atoms with Crippen LogP contribution >= 0.6 is 0 Å². The summed E-state index contributed by atoms with van der Waals surface area (Å²) in [6.07, 6.45) is 4.97. The van der Waals surface area contributed by atoms with Gasteiger partial charge >= 0.3 is 5.97 Å². The van der Waals surface area contributed by atoms with Gasteiger partial charge in [0.1, 0.15) is 0 Å². The Kier molecular flexibility index (Phi) is 4.88. The van der Waals surface area contributed by atoms with Crippen LogP contribution in [0.5, 0.6) is 0 Å². The zero-order valence-electron chi connectivity index (χ0n) is 12.4. The molecule has 1 aliphatic rings.